The minimum absolute atomic E-state index is 0.111. The summed E-state index contributed by atoms with van der Waals surface area (Å²) in [5, 5.41) is 9.43. The van der Waals surface area contributed by atoms with Crippen LogP contribution in [0.3, 0.4) is 0 Å². The minimum atomic E-state index is -1.53. The molecule has 1 aromatic rings. The maximum Gasteiger partial charge on any atom is 0.321 e. The van der Waals surface area contributed by atoms with Gasteiger partial charge in [-0.1, -0.05) is 6.07 Å². The number of rotatable bonds is 4. The monoisotopic (exact) mass is 219 g/mol. The Morgan fingerprint density at radius 2 is 2.46 bits per heavy atom. The molecule has 72 valence electrons. The molecule has 0 spiro atoms. The second kappa shape index (κ2) is 4.50. The summed E-state index contributed by atoms with van der Waals surface area (Å²) in [5.74, 6) is -1.12. The Morgan fingerprint density at radius 1 is 1.77 bits per heavy atom. The van der Waals surface area contributed by atoms with Crippen LogP contribution in [0.1, 0.15) is 0 Å². The molecular formula is C7H9NO3S2. The highest BCUT2D eigenvalue weighted by molar-refractivity contribution is 7.88. The van der Waals surface area contributed by atoms with Crippen molar-refractivity contribution in [1.82, 2.24) is 0 Å². The Bertz CT molecular complexity index is 310. The molecule has 3 N–H and O–H groups in total. The third-order valence-corrected chi connectivity index (χ3v) is 4.33. The Balaban J connectivity index is 2.83. The molecule has 0 saturated heterocycles. The van der Waals surface area contributed by atoms with E-state index in [0.29, 0.717) is 4.21 Å². The summed E-state index contributed by atoms with van der Waals surface area (Å²) in [7, 11) is -1.53. The molecule has 0 aromatic carbocycles. The van der Waals surface area contributed by atoms with Gasteiger partial charge in [0.15, 0.2) is 0 Å². The molecular weight excluding hydrogens is 210 g/mol. The fourth-order valence-electron chi connectivity index (χ4n) is 0.798. The summed E-state index contributed by atoms with van der Waals surface area (Å²) in [5.41, 5.74) is 5.21. The summed E-state index contributed by atoms with van der Waals surface area (Å²) in [6.45, 7) is -0.111. The Kier molecular flexibility index (Phi) is 3.58. The van der Waals surface area contributed by atoms with Crippen LogP contribution in [-0.4, -0.2) is 27.1 Å². The minimum Gasteiger partial charge on any atom is -0.480 e. The van der Waals surface area contributed by atoms with Crippen molar-refractivity contribution in [2.24, 2.45) is 5.73 Å². The van der Waals surface area contributed by atoms with E-state index in [1.807, 2.05) is 0 Å². The van der Waals surface area contributed by atoms with Gasteiger partial charge in [0.05, 0.1) is 15.0 Å². The number of thiophene rings is 1. The van der Waals surface area contributed by atoms with Crippen molar-refractivity contribution in [3.8, 4) is 0 Å². The highest BCUT2D eigenvalue weighted by Crippen LogP contribution is 2.17. The van der Waals surface area contributed by atoms with E-state index < -0.39 is 22.0 Å². The zero-order valence-corrected chi connectivity index (χ0v) is 8.31. The topological polar surface area (TPSA) is 80.4 Å². The Labute approximate surface area is 81.8 Å². The Morgan fingerprint density at radius 3 is 2.85 bits per heavy atom. The van der Waals surface area contributed by atoms with Gasteiger partial charge in [0.1, 0.15) is 5.25 Å². The zero-order valence-electron chi connectivity index (χ0n) is 6.67. The summed E-state index contributed by atoms with van der Waals surface area (Å²) in [4.78, 5) is 10.6. The lowest BCUT2D eigenvalue weighted by atomic mass is 10.4. The summed E-state index contributed by atoms with van der Waals surface area (Å²) in [6, 6.07) is 3.37. The molecule has 2 atom stereocenters. The second-order valence-electron chi connectivity index (χ2n) is 2.29. The number of hydrogen-bond donors (Lipinski definition) is 2. The molecule has 0 aliphatic heterocycles. The summed E-state index contributed by atoms with van der Waals surface area (Å²) in [6.07, 6.45) is 0. The highest BCUT2D eigenvalue weighted by atomic mass is 32.2. The maximum absolute atomic E-state index is 11.5. The van der Waals surface area contributed by atoms with Crippen LogP contribution in [0.4, 0.5) is 0 Å². The van der Waals surface area contributed by atoms with Gasteiger partial charge in [0, 0.05) is 6.54 Å². The van der Waals surface area contributed by atoms with Crippen molar-refractivity contribution in [2.75, 3.05) is 6.54 Å². The molecule has 1 rings (SSSR count). The van der Waals surface area contributed by atoms with E-state index >= 15 is 0 Å². The second-order valence-corrected chi connectivity index (χ2v) is 5.10. The summed E-state index contributed by atoms with van der Waals surface area (Å²) >= 11 is 1.27. The van der Waals surface area contributed by atoms with E-state index in [9.17, 15) is 9.00 Å². The first kappa shape index (κ1) is 10.4. The molecule has 0 fully saturated rings. The van der Waals surface area contributed by atoms with Gasteiger partial charge in [-0.05, 0) is 11.4 Å². The molecule has 6 heteroatoms. The number of carbonyl (C=O) groups is 1. The fourth-order valence-corrected chi connectivity index (χ4v) is 2.99. The quantitative estimate of drug-likeness (QED) is 0.761. The van der Waals surface area contributed by atoms with Gasteiger partial charge in [0.2, 0.25) is 0 Å². The van der Waals surface area contributed by atoms with Crippen LogP contribution in [0.25, 0.3) is 0 Å². The first-order chi connectivity index (χ1) is 6.16. The van der Waals surface area contributed by atoms with Crippen LogP contribution < -0.4 is 5.73 Å². The lowest BCUT2D eigenvalue weighted by molar-refractivity contribution is -0.136. The number of carboxylic acid groups (broad SMARTS) is 1. The molecule has 2 unspecified atom stereocenters. The number of hydrogen-bond acceptors (Lipinski definition) is 4. The molecule has 4 nitrogen and oxygen atoms in total. The molecule has 0 aliphatic carbocycles. The molecule has 0 saturated carbocycles. The maximum atomic E-state index is 11.5. The van der Waals surface area contributed by atoms with Crippen molar-refractivity contribution in [2.45, 2.75) is 9.46 Å². The predicted octanol–water partition coefficient (Wildman–Crippen LogP) is 0.268. The average molecular weight is 219 g/mol. The van der Waals surface area contributed by atoms with E-state index in [2.05, 4.69) is 0 Å². The van der Waals surface area contributed by atoms with Crippen molar-refractivity contribution in [3.05, 3.63) is 17.5 Å². The van der Waals surface area contributed by atoms with Gasteiger partial charge in [-0.2, -0.15) is 0 Å². The number of nitrogens with two attached hydrogens (primary N) is 1. The van der Waals surface area contributed by atoms with Gasteiger partial charge in [-0.15, -0.1) is 11.3 Å². The predicted molar refractivity (Wildman–Crippen MR) is 51.2 cm³/mol. The molecule has 1 heterocycles. The first-order valence-corrected chi connectivity index (χ1v) is 5.63. The summed E-state index contributed by atoms with van der Waals surface area (Å²) < 4.78 is 12.1. The van der Waals surface area contributed by atoms with E-state index in [-0.39, 0.29) is 6.54 Å². The van der Waals surface area contributed by atoms with Gasteiger partial charge in [0.25, 0.3) is 0 Å². The van der Waals surface area contributed by atoms with Gasteiger partial charge in [-0.25, -0.2) is 0 Å². The Hall–Kier alpha value is -0.720. The average Bonchev–Trinajstić information content (AvgIpc) is 2.56. The number of carboxylic acids is 1. The third kappa shape index (κ3) is 2.36. The van der Waals surface area contributed by atoms with E-state index in [1.54, 1.807) is 17.5 Å². The van der Waals surface area contributed by atoms with Gasteiger partial charge in [-0.3, -0.25) is 9.00 Å². The van der Waals surface area contributed by atoms with Crippen LogP contribution in [0, 0.1) is 0 Å². The van der Waals surface area contributed by atoms with E-state index in [0.717, 1.165) is 0 Å². The lowest BCUT2D eigenvalue weighted by Crippen LogP contribution is -2.33. The van der Waals surface area contributed by atoms with Crippen LogP contribution in [-0.2, 0) is 15.6 Å². The lowest BCUT2D eigenvalue weighted by Gasteiger charge is -2.06. The molecule has 0 radical (unpaired) electrons. The van der Waals surface area contributed by atoms with E-state index in [4.69, 9.17) is 10.8 Å². The van der Waals surface area contributed by atoms with Crippen molar-refractivity contribution in [3.63, 3.8) is 0 Å². The van der Waals surface area contributed by atoms with Crippen molar-refractivity contribution in [1.29, 1.82) is 0 Å². The highest BCUT2D eigenvalue weighted by Gasteiger charge is 2.24. The van der Waals surface area contributed by atoms with Crippen LogP contribution in [0.2, 0.25) is 0 Å². The smallest absolute Gasteiger partial charge is 0.321 e. The fraction of sp³-hybridized carbons (Fsp3) is 0.286. The van der Waals surface area contributed by atoms with E-state index in [1.165, 1.54) is 11.3 Å². The largest absolute Gasteiger partial charge is 0.480 e. The molecule has 1 aromatic heterocycles. The molecule has 0 amide bonds. The SMILES string of the molecule is NCC(C(=O)O)S(=O)c1cccs1. The van der Waals surface area contributed by atoms with Crippen molar-refractivity contribution >= 4 is 28.1 Å². The standard InChI is InChI=1S/C7H9NO3S2/c8-4-5(7(9)10)13(11)6-2-1-3-12-6/h1-3,5H,4,8H2,(H,9,10). The van der Waals surface area contributed by atoms with Crippen molar-refractivity contribution < 1.29 is 14.1 Å². The molecule has 13 heavy (non-hydrogen) atoms. The molecule has 0 aliphatic rings. The first-order valence-electron chi connectivity index (χ1n) is 3.53. The van der Waals surface area contributed by atoms with Crippen LogP contribution in [0.15, 0.2) is 21.7 Å². The van der Waals surface area contributed by atoms with Crippen LogP contribution in [0.5, 0.6) is 0 Å². The molecule has 0 bridgehead atoms. The number of aliphatic carboxylic acids is 1. The zero-order chi connectivity index (χ0) is 9.84. The van der Waals surface area contributed by atoms with Crippen LogP contribution >= 0.6 is 11.3 Å². The normalized spacial score (nSPS) is 15.2. The van der Waals surface area contributed by atoms with Gasteiger partial charge >= 0.3 is 5.97 Å². The van der Waals surface area contributed by atoms with Gasteiger partial charge < -0.3 is 10.8 Å². The third-order valence-electron chi connectivity index (χ3n) is 1.44.